The summed E-state index contributed by atoms with van der Waals surface area (Å²) >= 11 is 0. The van der Waals surface area contributed by atoms with E-state index in [0.717, 1.165) is 11.1 Å². The maximum absolute atomic E-state index is 12.3. The molecular formula is C15H14N2OS. The molecule has 2 N–H and O–H groups in total. The lowest BCUT2D eigenvalue weighted by Gasteiger charge is -2.07. The van der Waals surface area contributed by atoms with Crippen LogP contribution in [0.2, 0.25) is 0 Å². The summed E-state index contributed by atoms with van der Waals surface area (Å²) in [6, 6.07) is 14.7. The van der Waals surface area contributed by atoms with E-state index < -0.39 is 10.8 Å². The van der Waals surface area contributed by atoms with E-state index in [1.807, 2.05) is 25.1 Å². The second-order valence-electron chi connectivity index (χ2n) is 4.34. The minimum absolute atomic E-state index is 0.364. The van der Waals surface area contributed by atoms with Crippen LogP contribution in [0.3, 0.4) is 0 Å². The summed E-state index contributed by atoms with van der Waals surface area (Å²) in [6.07, 6.45) is 0. The molecule has 1 unspecified atom stereocenters. The van der Waals surface area contributed by atoms with Crippen molar-refractivity contribution in [3.8, 4) is 6.07 Å². The van der Waals surface area contributed by atoms with Crippen LogP contribution in [0.1, 0.15) is 16.7 Å². The maximum atomic E-state index is 12.3. The minimum atomic E-state index is -1.20. The highest BCUT2D eigenvalue weighted by molar-refractivity contribution is 7.84. The number of hydrogen-bond acceptors (Lipinski definition) is 3. The molecule has 0 saturated carbocycles. The SMILES string of the molecule is Cc1ccc(S(=O)Cc2cccc(C#N)c2)c(N)c1. The highest BCUT2D eigenvalue weighted by Crippen LogP contribution is 2.20. The molecule has 0 amide bonds. The molecule has 2 rings (SSSR count). The fraction of sp³-hybridized carbons (Fsp3) is 0.133. The Morgan fingerprint density at radius 1 is 1.26 bits per heavy atom. The second-order valence-corrected chi connectivity index (χ2v) is 5.76. The van der Waals surface area contributed by atoms with Crippen LogP contribution in [0.25, 0.3) is 0 Å². The molecule has 2 aromatic carbocycles. The van der Waals surface area contributed by atoms with Gasteiger partial charge in [0.25, 0.3) is 0 Å². The number of nitrogen functional groups attached to an aromatic ring is 1. The van der Waals surface area contributed by atoms with Gasteiger partial charge in [-0.15, -0.1) is 0 Å². The average Bonchev–Trinajstić information content (AvgIpc) is 2.38. The zero-order valence-corrected chi connectivity index (χ0v) is 11.4. The van der Waals surface area contributed by atoms with E-state index in [2.05, 4.69) is 6.07 Å². The molecule has 0 saturated heterocycles. The van der Waals surface area contributed by atoms with Gasteiger partial charge in [-0.1, -0.05) is 18.2 Å². The fourth-order valence-corrected chi connectivity index (χ4v) is 3.01. The largest absolute Gasteiger partial charge is 0.398 e. The maximum Gasteiger partial charge on any atom is 0.0991 e. The highest BCUT2D eigenvalue weighted by Gasteiger charge is 2.09. The zero-order valence-electron chi connectivity index (χ0n) is 10.6. The van der Waals surface area contributed by atoms with Gasteiger partial charge in [0.15, 0.2) is 0 Å². The average molecular weight is 270 g/mol. The van der Waals surface area contributed by atoms with E-state index in [1.165, 1.54) is 0 Å². The Kier molecular flexibility index (Phi) is 3.98. The molecule has 0 spiro atoms. The first kappa shape index (κ1) is 13.3. The van der Waals surface area contributed by atoms with Gasteiger partial charge in [-0.25, -0.2) is 0 Å². The molecule has 1 atom stereocenters. The van der Waals surface area contributed by atoms with Crippen molar-refractivity contribution in [1.82, 2.24) is 0 Å². The molecule has 0 aliphatic carbocycles. The van der Waals surface area contributed by atoms with Crippen molar-refractivity contribution < 1.29 is 4.21 Å². The lowest BCUT2D eigenvalue weighted by Crippen LogP contribution is -2.01. The van der Waals surface area contributed by atoms with E-state index in [1.54, 1.807) is 24.3 Å². The Balaban J connectivity index is 2.23. The summed E-state index contributed by atoms with van der Waals surface area (Å²) in [5.41, 5.74) is 8.93. The first-order valence-corrected chi connectivity index (χ1v) is 7.15. The molecule has 19 heavy (non-hydrogen) atoms. The minimum Gasteiger partial charge on any atom is -0.398 e. The Morgan fingerprint density at radius 2 is 2.05 bits per heavy atom. The summed E-state index contributed by atoms with van der Waals surface area (Å²) < 4.78 is 12.3. The first-order chi connectivity index (χ1) is 9.10. The number of nitriles is 1. The van der Waals surface area contributed by atoms with Gasteiger partial charge in [0.1, 0.15) is 0 Å². The third-order valence-electron chi connectivity index (χ3n) is 2.76. The third kappa shape index (κ3) is 3.21. The molecule has 2 aromatic rings. The molecule has 0 aliphatic rings. The number of nitrogens with two attached hydrogens (primary N) is 1. The molecule has 0 radical (unpaired) electrons. The van der Waals surface area contributed by atoms with Crippen LogP contribution in [-0.2, 0) is 16.6 Å². The van der Waals surface area contributed by atoms with Crippen molar-refractivity contribution in [2.75, 3.05) is 5.73 Å². The van der Waals surface area contributed by atoms with Crippen LogP contribution >= 0.6 is 0 Å². The summed E-state index contributed by atoms with van der Waals surface area (Å²) in [5, 5.41) is 8.84. The molecule has 96 valence electrons. The van der Waals surface area contributed by atoms with Crippen molar-refractivity contribution in [2.45, 2.75) is 17.6 Å². The van der Waals surface area contributed by atoms with Gasteiger partial charge in [0.05, 0.1) is 33.1 Å². The number of hydrogen-bond donors (Lipinski definition) is 1. The molecule has 3 nitrogen and oxygen atoms in total. The topological polar surface area (TPSA) is 66.9 Å². The summed E-state index contributed by atoms with van der Waals surface area (Å²) in [6.45, 7) is 1.94. The highest BCUT2D eigenvalue weighted by atomic mass is 32.2. The molecule has 4 heteroatoms. The van der Waals surface area contributed by atoms with Crippen molar-refractivity contribution in [1.29, 1.82) is 5.26 Å². The van der Waals surface area contributed by atoms with Gasteiger partial charge in [0.2, 0.25) is 0 Å². The van der Waals surface area contributed by atoms with Gasteiger partial charge in [-0.05, 0) is 42.3 Å². The van der Waals surface area contributed by atoms with Crippen LogP contribution < -0.4 is 5.73 Å². The Hall–Kier alpha value is -2.12. The van der Waals surface area contributed by atoms with Crippen molar-refractivity contribution in [2.24, 2.45) is 0 Å². The van der Waals surface area contributed by atoms with Gasteiger partial charge in [-0.2, -0.15) is 5.26 Å². The van der Waals surface area contributed by atoms with E-state index in [0.29, 0.717) is 21.9 Å². The van der Waals surface area contributed by atoms with Crippen molar-refractivity contribution in [3.63, 3.8) is 0 Å². The first-order valence-electron chi connectivity index (χ1n) is 5.83. The second kappa shape index (κ2) is 5.68. The molecule has 0 aliphatic heterocycles. The lowest BCUT2D eigenvalue weighted by atomic mass is 10.2. The van der Waals surface area contributed by atoms with Crippen molar-refractivity contribution >= 4 is 16.5 Å². The number of aryl methyl sites for hydroxylation is 1. The van der Waals surface area contributed by atoms with E-state index in [9.17, 15) is 4.21 Å². The number of rotatable bonds is 3. The lowest BCUT2D eigenvalue weighted by molar-refractivity contribution is 0.683. The quantitative estimate of drug-likeness (QED) is 0.872. The van der Waals surface area contributed by atoms with Crippen LogP contribution in [0, 0.1) is 18.3 Å². The van der Waals surface area contributed by atoms with Crippen LogP contribution in [-0.4, -0.2) is 4.21 Å². The fourth-order valence-electron chi connectivity index (χ4n) is 1.84. The van der Waals surface area contributed by atoms with Crippen LogP contribution in [0.15, 0.2) is 47.4 Å². The molecular weight excluding hydrogens is 256 g/mol. The van der Waals surface area contributed by atoms with Gasteiger partial charge >= 0.3 is 0 Å². The number of benzene rings is 2. The van der Waals surface area contributed by atoms with E-state index in [4.69, 9.17) is 11.0 Å². The van der Waals surface area contributed by atoms with Crippen LogP contribution in [0.4, 0.5) is 5.69 Å². The Labute approximate surface area is 115 Å². The van der Waals surface area contributed by atoms with Crippen molar-refractivity contribution in [3.05, 3.63) is 59.2 Å². The number of anilines is 1. The standard InChI is InChI=1S/C15H14N2OS/c1-11-5-6-15(14(17)7-11)19(18)10-13-4-2-3-12(8-13)9-16/h2-8H,10,17H2,1H3. The normalized spacial score (nSPS) is 11.8. The van der Waals surface area contributed by atoms with E-state index >= 15 is 0 Å². The Bertz CT molecular complexity index is 674. The molecule has 0 fully saturated rings. The molecule has 0 bridgehead atoms. The van der Waals surface area contributed by atoms with Gasteiger partial charge in [0, 0.05) is 5.69 Å². The smallest absolute Gasteiger partial charge is 0.0991 e. The van der Waals surface area contributed by atoms with E-state index in [-0.39, 0.29) is 0 Å². The Morgan fingerprint density at radius 3 is 2.74 bits per heavy atom. The monoisotopic (exact) mass is 270 g/mol. The van der Waals surface area contributed by atoms with Gasteiger partial charge < -0.3 is 5.73 Å². The molecule has 0 heterocycles. The summed E-state index contributed by atoms with van der Waals surface area (Å²) in [5.74, 6) is 0.364. The third-order valence-corrected chi connectivity index (χ3v) is 4.22. The predicted molar refractivity (Wildman–Crippen MR) is 76.9 cm³/mol. The summed E-state index contributed by atoms with van der Waals surface area (Å²) in [7, 11) is -1.20. The van der Waals surface area contributed by atoms with Crippen LogP contribution in [0.5, 0.6) is 0 Å². The summed E-state index contributed by atoms with van der Waals surface area (Å²) in [4.78, 5) is 0.646. The number of nitrogens with zero attached hydrogens (tertiary/aromatic N) is 1. The predicted octanol–water partition coefficient (Wildman–Crippen LogP) is 2.76. The zero-order chi connectivity index (χ0) is 13.8. The van der Waals surface area contributed by atoms with Gasteiger partial charge in [-0.3, -0.25) is 4.21 Å². The molecule has 0 aromatic heterocycles.